The number of nitrogens with two attached hydrogens (primary N) is 1. The number of benzene rings is 1. The van der Waals surface area contributed by atoms with Gasteiger partial charge in [-0.2, -0.15) is 5.10 Å². The summed E-state index contributed by atoms with van der Waals surface area (Å²) in [6, 6.07) is 6.95. The zero-order valence-corrected chi connectivity index (χ0v) is 12.1. The molecule has 1 aromatic carbocycles. The topological polar surface area (TPSA) is 73.3 Å². The van der Waals surface area contributed by atoms with Crippen LogP contribution in [0.5, 0.6) is 11.6 Å². The van der Waals surface area contributed by atoms with Gasteiger partial charge in [0.15, 0.2) is 0 Å². The minimum atomic E-state index is 0.200. The van der Waals surface area contributed by atoms with Crippen molar-refractivity contribution in [1.82, 2.24) is 9.78 Å². The Morgan fingerprint density at radius 3 is 2.70 bits per heavy atom. The lowest BCUT2D eigenvalue weighted by Gasteiger charge is -2.08. The van der Waals surface area contributed by atoms with Crippen molar-refractivity contribution in [2.24, 2.45) is 5.73 Å². The Kier molecular flexibility index (Phi) is 4.29. The van der Waals surface area contributed by atoms with Gasteiger partial charge in [-0.25, -0.2) is 4.68 Å². The van der Waals surface area contributed by atoms with Crippen molar-refractivity contribution in [1.29, 1.82) is 0 Å². The Hall–Kier alpha value is -2.01. The van der Waals surface area contributed by atoms with Crippen LogP contribution in [0.15, 0.2) is 24.3 Å². The molecule has 0 aliphatic rings. The monoisotopic (exact) mass is 275 g/mol. The molecule has 0 saturated heterocycles. The predicted molar refractivity (Wildman–Crippen MR) is 78.6 cm³/mol. The van der Waals surface area contributed by atoms with Gasteiger partial charge < -0.3 is 15.6 Å². The second-order valence-electron chi connectivity index (χ2n) is 5.00. The molecular formula is C15H21N3O2. The minimum Gasteiger partial charge on any atom is -0.508 e. The maximum atomic E-state index is 9.62. The zero-order chi connectivity index (χ0) is 14.7. The number of methoxy groups -OCH3 is 1. The Bertz CT molecular complexity index is 591. The highest BCUT2D eigenvalue weighted by molar-refractivity contribution is 5.45. The maximum Gasteiger partial charge on any atom is 0.219 e. The van der Waals surface area contributed by atoms with Gasteiger partial charge in [0.05, 0.1) is 18.5 Å². The summed E-state index contributed by atoms with van der Waals surface area (Å²) in [5.74, 6) is 1.17. The molecule has 2 rings (SSSR count). The molecule has 0 atom stereocenters. The molecule has 5 heteroatoms. The number of ether oxygens (including phenoxy) is 1. The van der Waals surface area contributed by atoms with Crippen LogP contribution in [0.1, 0.15) is 31.0 Å². The summed E-state index contributed by atoms with van der Waals surface area (Å²) in [5, 5.41) is 14.3. The first kappa shape index (κ1) is 14.4. The summed E-state index contributed by atoms with van der Waals surface area (Å²) in [4.78, 5) is 0. The second kappa shape index (κ2) is 5.96. The molecular weight excluding hydrogens is 254 g/mol. The summed E-state index contributed by atoms with van der Waals surface area (Å²) in [6.45, 7) is 4.73. The predicted octanol–water partition coefficient (Wildman–Crippen LogP) is 2.21. The molecule has 0 amide bonds. The van der Waals surface area contributed by atoms with E-state index >= 15 is 0 Å². The maximum absolute atomic E-state index is 9.62. The molecule has 0 fully saturated rings. The molecule has 1 heterocycles. The van der Waals surface area contributed by atoms with Crippen LogP contribution in [0.3, 0.4) is 0 Å². The van der Waals surface area contributed by atoms with E-state index < -0.39 is 0 Å². The van der Waals surface area contributed by atoms with Crippen LogP contribution in [-0.4, -0.2) is 28.5 Å². The van der Waals surface area contributed by atoms with Crippen LogP contribution in [-0.2, 0) is 6.42 Å². The van der Waals surface area contributed by atoms with E-state index in [1.165, 1.54) is 0 Å². The van der Waals surface area contributed by atoms with Crippen LogP contribution in [0.25, 0.3) is 5.69 Å². The molecule has 0 spiro atoms. The highest BCUT2D eigenvalue weighted by Gasteiger charge is 2.21. The molecule has 5 nitrogen and oxygen atoms in total. The molecule has 0 bridgehead atoms. The number of nitrogens with zero attached hydrogens (tertiary/aromatic N) is 2. The van der Waals surface area contributed by atoms with E-state index in [0.29, 0.717) is 12.4 Å². The average molecular weight is 275 g/mol. The Morgan fingerprint density at radius 1 is 1.40 bits per heavy atom. The van der Waals surface area contributed by atoms with Crippen molar-refractivity contribution in [2.45, 2.75) is 26.2 Å². The van der Waals surface area contributed by atoms with E-state index in [9.17, 15) is 5.11 Å². The number of aromatic nitrogens is 2. The Morgan fingerprint density at radius 2 is 2.15 bits per heavy atom. The van der Waals surface area contributed by atoms with Gasteiger partial charge in [-0.3, -0.25) is 0 Å². The molecule has 0 aliphatic carbocycles. The lowest BCUT2D eigenvalue weighted by molar-refractivity contribution is 0.379. The molecule has 3 N–H and O–H groups in total. The van der Waals surface area contributed by atoms with E-state index in [0.717, 1.165) is 23.4 Å². The fraction of sp³-hybridized carbons (Fsp3) is 0.400. The van der Waals surface area contributed by atoms with Gasteiger partial charge in [-0.1, -0.05) is 19.9 Å². The third-order valence-electron chi connectivity index (χ3n) is 3.18. The normalized spacial score (nSPS) is 11.1. The summed E-state index contributed by atoms with van der Waals surface area (Å²) < 4.78 is 7.24. The van der Waals surface area contributed by atoms with E-state index in [1.54, 1.807) is 30.0 Å². The van der Waals surface area contributed by atoms with Gasteiger partial charge in [0, 0.05) is 11.6 Å². The van der Waals surface area contributed by atoms with Crippen molar-refractivity contribution in [3.63, 3.8) is 0 Å². The van der Waals surface area contributed by atoms with Gasteiger partial charge in [0.2, 0.25) is 5.88 Å². The molecule has 1 aromatic heterocycles. The van der Waals surface area contributed by atoms with Crippen LogP contribution in [0.2, 0.25) is 0 Å². The number of phenols is 1. The summed E-state index contributed by atoms with van der Waals surface area (Å²) in [7, 11) is 1.63. The standard InChI is InChI=1S/C15H21N3O2/c1-10(2)14-13(7-8-16)15(20-3)18(17-14)11-5-4-6-12(19)9-11/h4-6,9-10,19H,7-8,16H2,1-3H3. The number of phenolic OH excluding ortho intramolecular Hbond substituents is 1. The fourth-order valence-electron chi connectivity index (χ4n) is 2.30. The number of rotatable bonds is 5. The summed E-state index contributed by atoms with van der Waals surface area (Å²) >= 11 is 0. The average Bonchev–Trinajstić information content (AvgIpc) is 2.78. The number of hydrogen-bond donors (Lipinski definition) is 2. The number of aromatic hydroxyl groups is 1. The van der Waals surface area contributed by atoms with Crippen LogP contribution >= 0.6 is 0 Å². The highest BCUT2D eigenvalue weighted by Crippen LogP contribution is 2.31. The van der Waals surface area contributed by atoms with Crippen LogP contribution in [0.4, 0.5) is 0 Å². The summed E-state index contributed by atoms with van der Waals surface area (Å²) in [6.07, 6.45) is 0.718. The first-order valence-electron chi connectivity index (χ1n) is 6.73. The van der Waals surface area contributed by atoms with Gasteiger partial charge in [0.25, 0.3) is 0 Å². The first-order valence-corrected chi connectivity index (χ1v) is 6.73. The van der Waals surface area contributed by atoms with Gasteiger partial charge in [-0.05, 0) is 31.0 Å². The third-order valence-corrected chi connectivity index (χ3v) is 3.18. The van der Waals surface area contributed by atoms with E-state index in [4.69, 9.17) is 10.5 Å². The van der Waals surface area contributed by atoms with Gasteiger partial charge in [0.1, 0.15) is 5.75 Å². The first-order chi connectivity index (χ1) is 9.58. The lowest BCUT2D eigenvalue weighted by atomic mass is 10.0. The van der Waals surface area contributed by atoms with Crippen molar-refractivity contribution < 1.29 is 9.84 Å². The molecule has 0 radical (unpaired) electrons. The number of hydrogen-bond acceptors (Lipinski definition) is 4. The Balaban J connectivity index is 2.61. The second-order valence-corrected chi connectivity index (χ2v) is 5.00. The molecule has 20 heavy (non-hydrogen) atoms. The van der Waals surface area contributed by atoms with Crippen molar-refractivity contribution in [3.05, 3.63) is 35.5 Å². The molecule has 0 aliphatic heterocycles. The third kappa shape index (κ3) is 2.63. The van der Waals surface area contributed by atoms with E-state index in [1.807, 2.05) is 6.07 Å². The smallest absolute Gasteiger partial charge is 0.219 e. The van der Waals surface area contributed by atoms with Crippen LogP contribution in [0, 0.1) is 0 Å². The molecule has 2 aromatic rings. The minimum absolute atomic E-state index is 0.200. The highest BCUT2D eigenvalue weighted by atomic mass is 16.5. The van der Waals surface area contributed by atoms with Crippen molar-refractivity contribution >= 4 is 0 Å². The van der Waals surface area contributed by atoms with Crippen molar-refractivity contribution in [3.8, 4) is 17.3 Å². The quantitative estimate of drug-likeness (QED) is 0.877. The largest absolute Gasteiger partial charge is 0.508 e. The SMILES string of the molecule is COc1c(CCN)c(C(C)C)nn1-c1cccc(O)c1. The van der Waals surface area contributed by atoms with Gasteiger partial charge >= 0.3 is 0 Å². The Labute approximate surface area is 119 Å². The molecule has 0 unspecified atom stereocenters. The van der Waals surface area contributed by atoms with Crippen LogP contribution < -0.4 is 10.5 Å². The zero-order valence-electron chi connectivity index (χ0n) is 12.1. The molecule has 108 valence electrons. The van der Waals surface area contributed by atoms with E-state index in [2.05, 4.69) is 18.9 Å². The fourth-order valence-corrected chi connectivity index (χ4v) is 2.30. The molecule has 0 saturated carbocycles. The summed E-state index contributed by atoms with van der Waals surface area (Å²) in [5.41, 5.74) is 8.48. The van der Waals surface area contributed by atoms with Crippen molar-refractivity contribution in [2.75, 3.05) is 13.7 Å². The lowest BCUT2D eigenvalue weighted by Crippen LogP contribution is -2.06. The van der Waals surface area contributed by atoms with E-state index in [-0.39, 0.29) is 11.7 Å². The van der Waals surface area contributed by atoms with Gasteiger partial charge in [-0.15, -0.1) is 0 Å².